The van der Waals surface area contributed by atoms with E-state index in [9.17, 15) is 9.59 Å². The smallest absolute Gasteiger partial charge is 0.322 e. The van der Waals surface area contributed by atoms with E-state index in [0.717, 1.165) is 21.7 Å². The summed E-state index contributed by atoms with van der Waals surface area (Å²) in [6.07, 6.45) is 2.09. The summed E-state index contributed by atoms with van der Waals surface area (Å²) in [5.41, 5.74) is 2.20. The molecule has 3 amide bonds. The van der Waals surface area contributed by atoms with Crippen LogP contribution in [0.15, 0.2) is 23.3 Å². The zero-order chi connectivity index (χ0) is 14.9. The lowest BCUT2D eigenvalue weighted by Gasteiger charge is -2.17. The Labute approximate surface area is 118 Å². The molecule has 1 aromatic carbocycles. The number of carbonyl (C=O) groups is 2. The van der Waals surface area contributed by atoms with Crippen LogP contribution in [-0.4, -0.2) is 28.7 Å². The molecule has 5 heteroatoms. The summed E-state index contributed by atoms with van der Waals surface area (Å²) in [5, 5.41) is 7.62. The molecule has 1 N–H and O–H groups in total. The zero-order valence-corrected chi connectivity index (χ0v) is 12.2. The topological polar surface area (TPSA) is 61.8 Å². The van der Waals surface area contributed by atoms with Gasteiger partial charge in [-0.2, -0.15) is 5.10 Å². The molecular weight excluding hydrogens is 254 g/mol. The van der Waals surface area contributed by atoms with Crippen molar-refractivity contribution in [1.29, 1.82) is 0 Å². The number of amides is 3. The van der Waals surface area contributed by atoms with Crippen molar-refractivity contribution in [2.24, 2.45) is 5.10 Å². The first-order valence-corrected chi connectivity index (χ1v) is 6.65. The fourth-order valence-corrected chi connectivity index (χ4v) is 2.03. The minimum absolute atomic E-state index is 0.313. The fourth-order valence-electron chi connectivity index (χ4n) is 2.03. The number of nitrogens with zero attached hydrogens (tertiary/aromatic N) is 2. The largest absolute Gasteiger partial charge is 0.346 e. The molecule has 0 aliphatic carbocycles. The van der Waals surface area contributed by atoms with E-state index >= 15 is 0 Å². The summed E-state index contributed by atoms with van der Waals surface area (Å²) in [6, 6.07) is 5.49. The second-order valence-corrected chi connectivity index (χ2v) is 5.34. The van der Waals surface area contributed by atoms with Crippen molar-refractivity contribution < 1.29 is 9.59 Å². The van der Waals surface area contributed by atoms with Gasteiger partial charge < -0.3 is 5.32 Å². The number of hydrogen-bond donors (Lipinski definition) is 1. The van der Waals surface area contributed by atoms with Crippen molar-refractivity contribution in [1.82, 2.24) is 10.3 Å². The molecule has 0 aromatic heterocycles. The van der Waals surface area contributed by atoms with Gasteiger partial charge >= 0.3 is 6.03 Å². The molecule has 1 aliphatic rings. The Morgan fingerprint density at radius 2 is 2.05 bits per heavy atom. The highest BCUT2D eigenvalue weighted by molar-refractivity contribution is 6.07. The molecule has 2 rings (SSSR count). The normalized spacial score (nSPS) is 22.7. The molecule has 0 spiro atoms. The molecule has 0 bridgehead atoms. The maximum Gasteiger partial charge on any atom is 0.346 e. The predicted octanol–water partition coefficient (Wildman–Crippen LogP) is 2.36. The van der Waals surface area contributed by atoms with Crippen molar-refractivity contribution in [3.05, 3.63) is 34.9 Å². The number of nitrogens with one attached hydrogen (secondary N) is 1. The van der Waals surface area contributed by atoms with Crippen LogP contribution in [0.2, 0.25) is 0 Å². The first-order chi connectivity index (χ1) is 9.37. The van der Waals surface area contributed by atoms with Crippen LogP contribution in [0.4, 0.5) is 4.79 Å². The van der Waals surface area contributed by atoms with Gasteiger partial charge in [0.05, 0.1) is 6.21 Å². The van der Waals surface area contributed by atoms with Crippen LogP contribution in [0.25, 0.3) is 0 Å². The lowest BCUT2D eigenvalue weighted by atomic mass is 10.00. The Balaban J connectivity index is 2.26. The number of urea groups is 1. The van der Waals surface area contributed by atoms with E-state index in [1.54, 1.807) is 13.1 Å². The van der Waals surface area contributed by atoms with Crippen LogP contribution < -0.4 is 5.32 Å². The van der Waals surface area contributed by atoms with Gasteiger partial charge in [-0.15, -0.1) is 5.01 Å². The van der Waals surface area contributed by atoms with E-state index in [0.29, 0.717) is 6.42 Å². The van der Waals surface area contributed by atoms with Gasteiger partial charge in [0.15, 0.2) is 0 Å². The summed E-state index contributed by atoms with van der Waals surface area (Å²) >= 11 is 0. The van der Waals surface area contributed by atoms with Crippen LogP contribution in [0, 0.1) is 13.8 Å². The molecule has 1 saturated heterocycles. The van der Waals surface area contributed by atoms with Gasteiger partial charge in [0.2, 0.25) is 0 Å². The Bertz CT molecular complexity index is 595. The lowest BCUT2D eigenvalue weighted by Crippen LogP contribution is -2.42. The molecule has 1 unspecified atom stereocenters. The summed E-state index contributed by atoms with van der Waals surface area (Å²) < 4.78 is 0. The first-order valence-electron chi connectivity index (χ1n) is 6.65. The van der Waals surface area contributed by atoms with Gasteiger partial charge in [-0.05, 0) is 38.3 Å². The Morgan fingerprint density at radius 3 is 2.65 bits per heavy atom. The summed E-state index contributed by atoms with van der Waals surface area (Å²) in [5.74, 6) is -0.313. The van der Waals surface area contributed by atoms with E-state index in [1.165, 1.54) is 0 Å². The van der Waals surface area contributed by atoms with Gasteiger partial charge in [-0.25, -0.2) is 4.79 Å². The number of benzene rings is 1. The van der Waals surface area contributed by atoms with E-state index < -0.39 is 11.6 Å². The van der Waals surface area contributed by atoms with Crippen LogP contribution >= 0.6 is 0 Å². The standard InChI is InChI=1S/C15H19N3O2/c1-5-15(4)13(19)18(14(20)17-15)16-9-12-8-10(2)6-7-11(12)3/h6-9H,5H2,1-4H3,(H,17,20). The van der Waals surface area contributed by atoms with Crippen molar-refractivity contribution in [2.45, 2.75) is 39.7 Å². The Kier molecular flexibility index (Phi) is 3.61. The quantitative estimate of drug-likeness (QED) is 0.679. The van der Waals surface area contributed by atoms with Crippen LogP contribution in [-0.2, 0) is 4.79 Å². The molecular formula is C15H19N3O2. The number of aryl methyl sites for hydroxylation is 2. The van der Waals surface area contributed by atoms with Crippen LogP contribution in [0.5, 0.6) is 0 Å². The van der Waals surface area contributed by atoms with Crippen molar-refractivity contribution in [3.63, 3.8) is 0 Å². The number of carbonyl (C=O) groups excluding carboxylic acids is 2. The maximum absolute atomic E-state index is 12.2. The summed E-state index contributed by atoms with van der Waals surface area (Å²) in [6.45, 7) is 7.51. The van der Waals surface area contributed by atoms with Gasteiger partial charge in [-0.3, -0.25) is 4.79 Å². The Morgan fingerprint density at radius 1 is 1.35 bits per heavy atom. The first kappa shape index (κ1) is 14.2. The second kappa shape index (κ2) is 5.07. The van der Waals surface area contributed by atoms with Crippen LogP contribution in [0.1, 0.15) is 37.0 Å². The average Bonchev–Trinajstić information content (AvgIpc) is 2.63. The summed E-state index contributed by atoms with van der Waals surface area (Å²) in [7, 11) is 0. The van der Waals surface area contributed by atoms with Crippen molar-refractivity contribution in [3.8, 4) is 0 Å². The predicted molar refractivity (Wildman–Crippen MR) is 77.6 cm³/mol. The van der Waals surface area contributed by atoms with Crippen molar-refractivity contribution >= 4 is 18.2 Å². The number of imide groups is 1. The van der Waals surface area contributed by atoms with E-state index in [4.69, 9.17) is 0 Å². The van der Waals surface area contributed by atoms with E-state index in [2.05, 4.69) is 10.4 Å². The highest BCUT2D eigenvalue weighted by atomic mass is 16.2. The highest BCUT2D eigenvalue weighted by Gasteiger charge is 2.46. The number of rotatable bonds is 3. The number of hydrogen-bond acceptors (Lipinski definition) is 3. The highest BCUT2D eigenvalue weighted by Crippen LogP contribution is 2.21. The molecule has 106 valence electrons. The maximum atomic E-state index is 12.2. The van der Waals surface area contributed by atoms with Gasteiger partial charge in [-0.1, -0.05) is 30.7 Å². The summed E-state index contributed by atoms with van der Waals surface area (Å²) in [4.78, 5) is 24.0. The second-order valence-electron chi connectivity index (χ2n) is 5.34. The Hall–Kier alpha value is -2.17. The zero-order valence-electron chi connectivity index (χ0n) is 12.2. The molecule has 1 fully saturated rings. The fraction of sp³-hybridized carbons (Fsp3) is 0.400. The van der Waals surface area contributed by atoms with Crippen LogP contribution in [0.3, 0.4) is 0 Å². The minimum Gasteiger partial charge on any atom is -0.322 e. The monoisotopic (exact) mass is 273 g/mol. The third-order valence-corrected chi connectivity index (χ3v) is 3.69. The molecule has 0 saturated carbocycles. The third-order valence-electron chi connectivity index (χ3n) is 3.69. The van der Waals surface area contributed by atoms with E-state index in [-0.39, 0.29) is 5.91 Å². The minimum atomic E-state index is -0.851. The lowest BCUT2D eigenvalue weighted by molar-refractivity contribution is -0.130. The number of hydrazone groups is 1. The molecule has 0 radical (unpaired) electrons. The molecule has 1 atom stereocenters. The average molecular weight is 273 g/mol. The molecule has 1 heterocycles. The van der Waals surface area contributed by atoms with Crippen molar-refractivity contribution in [2.75, 3.05) is 0 Å². The van der Waals surface area contributed by atoms with Gasteiger partial charge in [0.1, 0.15) is 5.54 Å². The molecule has 5 nitrogen and oxygen atoms in total. The molecule has 20 heavy (non-hydrogen) atoms. The van der Waals surface area contributed by atoms with Gasteiger partial charge in [0, 0.05) is 0 Å². The van der Waals surface area contributed by atoms with Gasteiger partial charge in [0.25, 0.3) is 5.91 Å². The van der Waals surface area contributed by atoms with E-state index in [1.807, 2.05) is 39.0 Å². The SMILES string of the molecule is CCC1(C)NC(=O)N(N=Cc2cc(C)ccc2C)C1=O. The molecule has 1 aliphatic heterocycles. The third kappa shape index (κ3) is 2.43. The molecule has 1 aromatic rings.